The van der Waals surface area contributed by atoms with Crippen molar-refractivity contribution in [1.29, 1.82) is 0 Å². The van der Waals surface area contributed by atoms with E-state index in [2.05, 4.69) is 46.9 Å². The van der Waals surface area contributed by atoms with Crippen LogP contribution in [0.1, 0.15) is 100 Å². The van der Waals surface area contributed by atoms with Crippen LogP contribution >= 0.6 is 0 Å². The highest BCUT2D eigenvalue weighted by atomic mass is 16.5. The van der Waals surface area contributed by atoms with Gasteiger partial charge in [-0.25, -0.2) is 0 Å². The molecule has 1 saturated heterocycles. The van der Waals surface area contributed by atoms with Crippen molar-refractivity contribution in [3.8, 4) is 0 Å². The van der Waals surface area contributed by atoms with Crippen molar-refractivity contribution in [2.45, 2.75) is 106 Å². The second-order valence-electron chi connectivity index (χ2n) is 9.23. The Balaban J connectivity index is 0.000000484. The van der Waals surface area contributed by atoms with E-state index in [0.717, 1.165) is 36.2 Å². The summed E-state index contributed by atoms with van der Waals surface area (Å²) in [5, 5.41) is 3.37. The van der Waals surface area contributed by atoms with E-state index in [1.807, 2.05) is 13.8 Å². The largest absolute Gasteiger partial charge is 0.379 e. The third kappa shape index (κ3) is 13.1. The lowest BCUT2D eigenvalue weighted by atomic mass is 9.79. The SMILES string of the molecule is CC.CC(C)C1CCNCC1.CC(C)CC1CCC(COC(C)C)CC1. The lowest BCUT2D eigenvalue weighted by molar-refractivity contribution is 0.0355. The van der Waals surface area contributed by atoms with Gasteiger partial charge in [-0.15, -0.1) is 0 Å². The Morgan fingerprint density at radius 2 is 1.27 bits per heavy atom. The number of rotatable bonds is 6. The number of hydrogen-bond acceptors (Lipinski definition) is 2. The van der Waals surface area contributed by atoms with E-state index in [-0.39, 0.29) is 0 Å². The van der Waals surface area contributed by atoms with Gasteiger partial charge in [-0.2, -0.15) is 0 Å². The highest BCUT2D eigenvalue weighted by Crippen LogP contribution is 2.32. The molecule has 0 aromatic heterocycles. The molecular weight excluding hydrogens is 318 g/mol. The average molecular weight is 370 g/mol. The zero-order valence-corrected chi connectivity index (χ0v) is 19.4. The molecule has 0 aromatic rings. The molecule has 1 aliphatic heterocycles. The fraction of sp³-hybridized carbons (Fsp3) is 1.00. The van der Waals surface area contributed by atoms with Gasteiger partial charge in [0.15, 0.2) is 0 Å². The minimum atomic E-state index is 0.401. The Bertz CT molecular complexity index is 287. The molecule has 0 atom stereocenters. The minimum absolute atomic E-state index is 0.401. The second-order valence-corrected chi connectivity index (χ2v) is 9.23. The summed E-state index contributed by atoms with van der Waals surface area (Å²) in [4.78, 5) is 0. The van der Waals surface area contributed by atoms with Crippen LogP contribution < -0.4 is 5.32 Å². The molecule has 1 aliphatic carbocycles. The zero-order chi connectivity index (χ0) is 19.9. The number of ether oxygens (including phenoxy) is 1. The van der Waals surface area contributed by atoms with Crippen LogP contribution in [0.4, 0.5) is 0 Å². The summed E-state index contributed by atoms with van der Waals surface area (Å²) in [5.74, 6) is 4.60. The second kappa shape index (κ2) is 15.9. The van der Waals surface area contributed by atoms with Gasteiger partial charge in [0, 0.05) is 6.61 Å². The van der Waals surface area contributed by atoms with Crippen LogP contribution in [0.15, 0.2) is 0 Å². The third-order valence-electron chi connectivity index (χ3n) is 5.76. The van der Waals surface area contributed by atoms with Crippen LogP contribution in [-0.2, 0) is 4.74 Å². The molecule has 0 radical (unpaired) electrons. The van der Waals surface area contributed by atoms with Gasteiger partial charge in [-0.05, 0) is 88.6 Å². The molecule has 1 heterocycles. The molecule has 0 bridgehead atoms. The van der Waals surface area contributed by atoms with Crippen LogP contribution in [-0.4, -0.2) is 25.8 Å². The van der Waals surface area contributed by atoms with Crippen molar-refractivity contribution in [3.05, 3.63) is 0 Å². The van der Waals surface area contributed by atoms with Gasteiger partial charge in [0.25, 0.3) is 0 Å². The van der Waals surface area contributed by atoms with Crippen molar-refractivity contribution >= 4 is 0 Å². The Morgan fingerprint density at radius 1 is 0.769 bits per heavy atom. The van der Waals surface area contributed by atoms with Crippen molar-refractivity contribution in [2.75, 3.05) is 19.7 Å². The van der Waals surface area contributed by atoms with E-state index in [9.17, 15) is 0 Å². The molecule has 2 rings (SSSR count). The van der Waals surface area contributed by atoms with E-state index in [1.165, 1.54) is 58.0 Å². The molecule has 26 heavy (non-hydrogen) atoms. The summed E-state index contributed by atoms with van der Waals surface area (Å²) in [5.41, 5.74) is 0. The van der Waals surface area contributed by atoms with Gasteiger partial charge < -0.3 is 10.1 Å². The van der Waals surface area contributed by atoms with E-state index in [0.29, 0.717) is 6.10 Å². The van der Waals surface area contributed by atoms with E-state index in [4.69, 9.17) is 4.74 Å². The summed E-state index contributed by atoms with van der Waals surface area (Å²) < 4.78 is 5.70. The van der Waals surface area contributed by atoms with Gasteiger partial charge in [0.2, 0.25) is 0 Å². The molecule has 0 unspecified atom stereocenters. The summed E-state index contributed by atoms with van der Waals surface area (Å²) in [6.45, 7) is 21.1. The van der Waals surface area contributed by atoms with Crippen LogP contribution in [0, 0.1) is 29.6 Å². The maximum atomic E-state index is 5.70. The highest BCUT2D eigenvalue weighted by Gasteiger charge is 2.22. The van der Waals surface area contributed by atoms with Crippen LogP contribution in [0.25, 0.3) is 0 Å². The molecule has 2 fully saturated rings. The number of piperidine rings is 1. The van der Waals surface area contributed by atoms with Gasteiger partial charge in [-0.3, -0.25) is 0 Å². The maximum absolute atomic E-state index is 5.70. The van der Waals surface area contributed by atoms with E-state index < -0.39 is 0 Å². The average Bonchev–Trinajstić information content (AvgIpc) is 2.63. The topological polar surface area (TPSA) is 21.3 Å². The molecule has 1 N–H and O–H groups in total. The zero-order valence-electron chi connectivity index (χ0n) is 19.4. The lowest BCUT2D eigenvalue weighted by Gasteiger charge is -2.29. The quantitative estimate of drug-likeness (QED) is 0.548. The molecule has 0 aromatic carbocycles. The molecule has 158 valence electrons. The molecule has 2 heteroatoms. The van der Waals surface area contributed by atoms with Crippen LogP contribution in [0.5, 0.6) is 0 Å². The monoisotopic (exact) mass is 369 g/mol. The normalized spacial score (nSPS) is 24.1. The van der Waals surface area contributed by atoms with Gasteiger partial charge in [0.05, 0.1) is 6.10 Å². The summed E-state index contributed by atoms with van der Waals surface area (Å²) in [6.07, 6.45) is 10.3. The highest BCUT2D eigenvalue weighted by molar-refractivity contribution is 4.73. The van der Waals surface area contributed by atoms with Crippen LogP contribution in [0.3, 0.4) is 0 Å². The Labute approximate surface area is 166 Å². The first-order valence-corrected chi connectivity index (χ1v) is 11.7. The predicted octanol–water partition coefficient (Wildman–Crippen LogP) is 6.93. The maximum Gasteiger partial charge on any atom is 0.0519 e. The molecule has 0 amide bonds. The third-order valence-corrected chi connectivity index (χ3v) is 5.76. The summed E-state index contributed by atoms with van der Waals surface area (Å²) in [6, 6.07) is 0. The molecule has 1 saturated carbocycles. The first-order valence-electron chi connectivity index (χ1n) is 11.7. The number of hydrogen-bond donors (Lipinski definition) is 1. The van der Waals surface area contributed by atoms with E-state index >= 15 is 0 Å². The van der Waals surface area contributed by atoms with Gasteiger partial charge in [-0.1, -0.05) is 54.4 Å². The first-order chi connectivity index (χ1) is 12.4. The standard InChI is InChI=1S/C14H28O.C8H17N.C2H6/c1-11(2)9-13-5-7-14(8-6-13)10-15-12(3)4;1-7(2)8-3-5-9-6-4-8;1-2/h11-14H,5-10H2,1-4H3;7-9H,3-6H2,1-2H3;1-2H3. The number of nitrogens with one attached hydrogen (secondary N) is 1. The molecule has 2 aliphatic rings. The molecule has 2 nitrogen and oxygen atoms in total. The summed E-state index contributed by atoms with van der Waals surface area (Å²) in [7, 11) is 0. The Kier molecular flexibility index (Phi) is 15.9. The summed E-state index contributed by atoms with van der Waals surface area (Å²) >= 11 is 0. The Morgan fingerprint density at radius 3 is 1.65 bits per heavy atom. The van der Waals surface area contributed by atoms with Gasteiger partial charge >= 0.3 is 0 Å². The van der Waals surface area contributed by atoms with Crippen molar-refractivity contribution < 1.29 is 4.74 Å². The van der Waals surface area contributed by atoms with Crippen molar-refractivity contribution in [2.24, 2.45) is 29.6 Å². The van der Waals surface area contributed by atoms with E-state index in [1.54, 1.807) is 0 Å². The van der Waals surface area contributed by atoms with Crippen molar-refractivity contribution in [1.82, 2.24) is 5.32 Å². The molecule has 0 spiro atoms. The smallest absolute Gasteiger partial charge is 0.0519 e. The van der Waals surface area contributed by atoms with Crippen LogP contribution in [0.2, 0.25) is 0 Å². The molecular formula is C24H51NO. The minimum Gasteiger partial charge on any atom is -0.379 e. The lowest BCUT2D eigenvalue weighted by Crippen LogP contribution is -2.29. The first kappa shape index (κ1) is 25.9. The Hall–Kier alpha value is -0.0800. The fourth-order valence-electron chi connectivity index (χ4n) is 4.14. The fourth-order valence-corrected chi connectivity index (χ4v) is 4.14. The van der Waals surface area contributed by atoms with Crippen molar-refractivity contribution in [3.63, 3.8) is 0 Å². The predicted molar refractivity (Wildman–Crippen MR) is 118 cm³/mol. The van der Waals surface area contributed by atoms with Gasteiger partial charge in [0.1, 0.15) is 0 Å².